The Morgan fingerprint density at radius 1 is 1.39 bits per heavy atom. The van der Waals surface area contributed by atoms with Crippen LogP contribution in [0.5, 0.6) is 0 Å². The van der Waals surface area contributed by atoms with Gasteiger partial charge in [-0.2, -0.15) is 0 Å². The quantitative estimate of drug-likeness (QED) is 0.800. The van der Waals surface area contributed by atoms with Crippen molar-refractivity contribution in [1.82, 2.24) is 5.32 Å². The second kappa shape index (κ2) is 7.27. The molecule has 0 fully saturated rings. The SMILES string of the molecule is CCC(NCC(C)(C)CCO)c1cccc(Br)c1. The molecule has 0 radical (unpaired) electrons. The van der Waals surface area contributed by atoms with Crippen molar-refractivity contribution in [3.63, 3.8) is 0 Å². The Morgan fingerprint density at radius 3 is 2.67 bits per heavy atom. The van der Waals surface area contributed by atoms with Crippen molar-refractivity contribution in [3.05, 3.63) is 34.3 Å². The van der Waals surface area contributed by atoms with Crippen LogP contribution in [0.25, 0.3) is 0 Å². The number of aliphatic hydroxyl groups excluding tert-OH is 1. The van der Waals surface area contributed by atoms with Crippen LogP contribution in [-0.4, -0.2) is 18.3 Å². The molecule has 0 aliphatic heterocycles. The molecule has 1 atom stereocenters. The van der Waals surface area contributed by atoms with Gasteiger partial charge in [-0.05, 0) is 36.0 Å². The average Bonchev–Trinajstić information content (AvgIpc) is 2.29. The maximum atomic E-state index is 9.04. The van der Waals surface area contributed by atoms with Crippen LogP contribution in [0.3, 0.4) is 0 Å². The lowest BCUT2D eigenvalue weighted by atomic mass is 9.89. The maximum absolute atomic E-state index is 9.04. The van der Waals surface area contributed by atoms with E-state index in [1.165, 1.54) is 5.56 Å². The molecule has 0 aliphatic rings. The van der Waals surface area contributed by atoms with Gasteiger partial charge < -0.3 is 10.4 Å². The normalized spacial score (nSPS) is 13.6. The van der Waals surface area contributed by atoms with E-state index in [2.05, 4.69) is 60.2 Å². The molecule has 1 rings (SSSR count). The molecule has 0 amide bonds. The second-order valence-corrected chi connectivity index (χ2v) is 6.45. The van der Waals surface area contributed by atoms with Crippen LogP contribution in [0, 0.1) is 5.41 Å². The summed E-state index contributed by atoms with van der Waals surface area (Å²) >= 11 is 3.51. The molecule has 0 aliphatic carbocycles. The van der Waals surface area contributed by atoms with Gasteiger partial charge in [-0.3, -0.25) is 0 Å². The molecule has 0 bridgehead atoms. The lowest BCUT2D eigenvalue weighted by molar-refractivity contribution is 0.202. The van der Waals surface area contributed by atoms with E-state index in [0.717, 1.165) is 23.9 Å². The molecule has 1 aromatic carbocycles. The smallest absolute Gasteiger partial charge is 0.0436 e. The summed E-state index contributed by atoms with van der Waals surface area (Å²) in [7, 11) is 0. The Bertz CT molecular complexity index is 365. The third-order valence-electron chi connectivity index (χ3n) is 3.27. The van der Waals surface area contributed by atoms with Gasteiger partial charge in [0.2, 0.25) is 0 Å². The first-order valence-electron chi connectivity index (χ1n) is 6.58. The molecular formula is C15H24BrNO. The van der Waals surface area contributed by atoms with E-state index in [9.17, 15) is 0 Å². The molecule has 2 N–H and O–H groups in total. The molecule has 0 aromatic heterocycles. The minimum absolute atomic E-state index is 0.133. The lowest BCUT2D eigenvalue weighted by Crippen LogP contribution is -2.32. The second-order valence-electron chi connectivity index (χ2n) is 5.53. The van der Waals surface area contributed by atoms with Crippen molar-refractivity contribution < 1.29 is 5.11 Å². The van der Waals surface area contributed by atoms with Crippen LogP contribution in [-0.2, 0) is 0 Å². The van der Waals surface area contributed by atoms with Crippen LogP contribution in [0.15, 0.2) is 28.7 Å². The summed E-state index contributed by atoms with van der Waals surface area (Å²) in [6.07, 6.45) is 1.89. The number of benzene rings is 1. The number of aliphatic hydroxyl groups is 1. The van der Waals surface area contributed by atoms with Crippen molar-refractivity contribution >= 4 is 15.9 Å². The molecule has 18 heavy (non-hydrogen) atoms. The number of hydrogen-bond acceptors (Lipinski definition) is 2. The summed E-state index contributed by atoms with van der Waals surface area (Å²) in [6, 6.07) is 8.82. The maximum Gasteiger partial charge on any atom is 0.0436 e. The standard InChI is InChI=1S/C15H24BrNO/c1-4-14(12-6-5-7-13(16)10-12)17-11-15(2,3)8-9-18/h5-7,10,14,17-18H,4,8-9,11H2,1-3H3. The van der Waals surface area contributed by atoms with Gasteiger partial charge in [0.1, 0.15) is 0 Å². The van der Waals surface area contributed by atoms with E-state index < -0.39 is 0 Å². The number of rotatable bonds is 7. The fraction of sp³-hybridized carbons (Fsp3) is 0.600. The van der Waals surface area contributed by atoms with Crippen LogP contribution in [0.1, 0.15) is 45.2 Å². The molecule has 1 unspecified atom stereocenters. The minimum Gasteiger partial charge on any atom is -0.396 e. The highest BCUT2D eigenvalue weighted by Gasteiger charge is 2.19. The van der Waals surface area contributed by atoms with Crippen molar-refractivity contribution in [2.75, 3.05) is 13.2 Å². The molecule has 0 saturated heterocycles. The van der Waals surface area contributed by atoms with Crippen LogP contribution < -0.4 is 5.32 Å². The minimum atomic E-state index is 0.133. The Labute approximate surface area is 119 Å². The molecule has 2 nitrogen and oxygen atoms in total. The molecule has 3 heteroatoms. The van der Waals surface area contributed by atoms with E-state index in [4.69, 9.17) is 5.11 Å². The van der Waals surface area contributed by atoms with Gasteiger partial charge in [0.15, 0.2) is 0 Å². The van der Waals surface area contributed by atoms with Crippen molar-refractivity contribution in [2.45, 2.75) is 39.7 Å². The van der Waals surface area contributed by atoms with Crippen molar-refractivity contribution in [3.8, 4) is 0 Å². The summed E-state index contributed by atoms with van der Waals surface area (Å²) in [6.45, 7) is 7.73. The fourth-order valence-electron chi connectivity index (χ4n) is 2.01. The summed E-state index contributed by atoms with van der Waals surface area (Å²) in [4.78, 5) is 0. The van der Waals surface area contributed by atoms with Gasteiger partial charge in [-0.1, -0.05) is 48.8 Å². The first-order valence-corrected chi connectivity index (χ1v) is 7.37. The van der Waals surface area contributed by atoms with Gasteiger partial charge in [0.25, 0.3) is 0 Å². The Kier molecular flexibility index (Phi) is 6.33. The van der Waals surface area contributed by atoms with Gasteiger partial charge in [0.05, 0.1) is 0 Å². The summed E-state index contributed by atoms with van der Waals surface area (Å²) in [5, 5.41) is 12.6. The predicted molar refractivity (Wildman–Crippen MR) is 80.7 cm³/mol. The van der Waals surface area contributed by atoms with E-state index >= 15 is 0 Å². The topological polar surface area (TPSA) is 32.3 Å². The lowest BCUT2D eigenvalue weighted by Gasteiger charge is -2.27. The Balaban J connectivity index is 2.63. The molecular weight excluding hydrogens is 290 g/mol. The van der Waals surface area contributed by atoms with Gasteiger partial charge >= 0.3 is 0 Å². The van der Waals surface area contributed by atoms with E-state index in [0.29, 0.717) is 6.04 Å². The highest BCUT2D eigenvalue weighted by Crippen LogP contribution is 2.24. The highest BCUT2D eigenvalue weighted by atomic mass is 79.9. The summed E-state index contributed by atoms with van der Waals surface area (Å²) < 4.78 is 1.12. The largest absolute Gasteiger partial charge is 0.396 e. The van der Waals surface area contributed by atoms with Gasteiger partial charge in [0, 0.05) is 23.7 Å². The first-order chi connectivity index (χ1) is 8.48. The van der Waals surface area contributed by atoms with E-state index in [1.807, 2.05) is 6.07 Å². The van der Waals surface area contributed by atoms with Crippen molar-refractivity contribution in [2.24, 2.45) is 5.41 Å². The third-order valence-corrected chi connectivity index (χ3v) is 3.77. The molecule has 0 spiro atoms. The Hall–Kier alpha value is -0.380. The average molecular weight is 314 g/mol. The third kappa shape index (κ3) is 5.09. The predicted octanol–water partition coefficient (Wildman–Crippen LogP) is 3.90. The van der Waals surface area contributed by atoms with E-state index in [-0.39, 0.29) is 12.0 Å². The molecule has 0 saturated carbocycles. The number of halogens is 1. The zero-order valence-electron chi connectivity index (χ0n) is 11.5. The molecule has 1 aromatic rings. The molecule has 0 heterocycles. The van der Waals surface area contributed by atoms with Crippen LogP contribution in [0.4, 0.5) is 0 Å². The number of nitrogens with one attached hydrogen (secondary N) is 1. The Morgan fingerprint density at radius 2 is 2.11 bits per heavy atom. The zero-order valence-corrected chi connectivity index (χ0v) is 13.1. The zero-order chi connectivity index (χ0) is 13.6. The first kappa shape index (κ1) is 15.7. The summed E-state index contributed by atoms with van der Waals surface area (Å²) in [5.74, 6) is 0. The highest BCUT2D eigenvalue weighted by molar-refractivity contribution is 9.10. The number of hydrogen-bond donors (Lipinski definition) is 2. The summed E-state index contributed by atoms with van der Waals surface area (Å²) in [5.41, 5.74) is 1.44. The monoisotopic (exact) mass is 313 g/mol. The van der Waals surface area contributed by atoms with Crippen LogP contribution >= 0.6 is 15.9 Å². The van der Waals surface area contributed by atoms with Crippen molar-refractivity contribution in [1.29, 1.82) is 0 Å². The van der Waals surface area contributed by atoms with Gasteiger partial charge in [-0.15, -0.1) is 0 Å². The fourth-order valence-corrected chi connectivity index (χ4v) is 2.43. The van der Waals surface area contributed by atoms with Crippen LogP contribution in [0.2, 0.25) is 0 Å². The van der Waals surface area contributed by atoms with E-state index in [1.54, 1.807) is 0 Å². The van der Waals surface area contributed by atoms with Gasteiger partial charge in [-0.25, -0.2) is 0 Å². The molecule has 102 valence electrons.